The van der Waals surface area contributed by atoms with E-state index in [-0.39, 0.29) is 0 Å². The lowest BCUT2D eigenvalue weighted by atomic mass is 10.2. The van der Waals surface area contributed by atoms with Gasteiger partial charge in [0.15, 0.2) is 0 Å². The molecule has 0 saturated heterocycles. The normalized spacial score (nSPS) is 11.9. The molecular formula is C13H19N3O2S2. The molecule has 2 aromatic rings. The molecule has 110 valence electrons. The Balaban J connectivity index is 2.14. The van der Waals surface area contributed by atoms with Gasteiger partial charge in [0, 0.05) is 32.0 Å². The van der Waals surface area contributed by atoms with Crippen molar-refractivity contribution in [1.29, 1.82) is 0 Å². The van der Waals surface area contributed by atoms with Crippen LogP contribution in [0.3, 0.4) is 0 Å². The van der Waals surface area contributed by atoms with Gasteiger partial charge in [0.1, 0.15) is 0 Å². The molecule has 20 heavy (non-hydrogen) atoms. The first-order valence-electron chi connectivity index (χ1n) is 6.25. The van der Waals surface area contributed by atoms with E-state index in [1.165, 1.54) is 0 Å². The van der Waals surface area contributed by atoms with Gasteiger partial charge in [-0.25, -0.2) is 13.1 Å². The van der Waals surface area contributed by atoms with Gasteiger partial charge >= 0.3 is 0 Å². The van der Waals surface area contributed by atoms with Crippen LogP contribution in [0.1, 0.15) is 16.8 Å². The molecule has 0 atom stereocenters. The van der Waals surface area contributed by atoms with Crippen LogP contribution >= 0.6 is 11.3 Å². The summed E-state index contributed by atoms with van der Waals surface area (Å²) in [5.74, 6) is 0. The first-order chi connectivity index (χ1) is 9.44. The monoisotopic (exact) mass is 313 g/mol. The van der Waals surface area contributed by atoms with Gasteiger partial charge in [0.05, 0.1) is 4.90 Å². The number of aryl methyl sites for hydroxylation is 2. The van der Waals surface area contributed by atoms with E-state index in [1.807, 2.05) is 36.3 Å². The zero-order valence-electron chi connectivity index (χ0n) is 11.8. The largest absolute Gasteiger partial charge is 0.352 e. The number of hydrogen-bond acceptors (Lipinski definition) is 4. The minimum absolute atomic E-state index is 0.304. The minimum Gasteiger partial charge on any atom is -0.352 e. The van der Waals surface area contributed by atoms with Crippen molar-refractivity contribution in [3.8, 4) is 0 Å². The van der Waals surface area contributed by atoms with Crippen LogP contribution in [0.25, 0.3) is 0 Å². The molecule has 2 N–H and O–H groups in total. The van der Waals surface area contributed by atoms with Crippen LogP contribution < -0.4 is 10.0 Å². The van der Waals surface area contributed by atoms with E-state index in [0.29, 0.717) is 18.0 Å². The fourth-order valence-corrected chi connectivity index (χ4v) is 3.86. The van der Waals surface area contributed by atoms with E-state index in [4.69, 9.17) is 0 Å². The number of nitrogens with zero attached hydrogens (tertiary/aromatic N) is 1. The van der Waals surface area contributed by atoms with E-state index in [2.05, 4.69) is 10.0 Å². The number of thiophene rings is 1. The molecule has 0 aliphatic rings. The number of hydrogen-bond donors (Lipinski definition) is 2. The fourth-order valence-electron chi connectivity index (χ4n) is 1.90. The van der Waals surface area contributed by atoms with Gasteiger partial charge in [-0.15, -0.1) is 0 Å². The van der Waals surface area contributed by atoms with Crippen LogP contribution in [0.4, 0.5) is 0 Å². The number of sulfonamides is 1. The average Bonchev–Trinajstić information content (AvgIpc) is 2.95. The van der Waals surface area contributed by atoms with Crippen LogP contribution in [0, 0.1) is 6.92 Å². The second-order valence-electron chi connectivity index (χ2n) is 4.71. The zero-order chi connectivity index (χ0) is 14.8. The maximum Gasteiger partial charge on any atom is 0.242 e. The van der Waals surface area contributed by atoms with Crippen LogP contribution in [0.2, 0.25) is 0 Å². The number of rotatable bonds is 6. The summed E-state index contributed by atoms with van der Waals surface area (Å²) in [4.78, 5) is 0.304. The predicted molar refractivity (Wildman–Crippen MR) is 81.3 cm³/mol. The Morgan fingerprint density at radius 3 is 2.65 bits per heavy atom. The molecule has 2 aromatic heterocycles. The SMILES string of the molecule is CNCc1cc(S(=O)(=O)NCc2cscc2C)cn1C. The van der Waals surface area contributed by atoms with E-state index < -0.39 is 10.0 Å². The van der Waals surface area contributed by atoms with Crippen LogP contribution in [0.5, 0.6) is 0 Å². The van der Waals surface area contributed by atoms with Gasteiger partial charge in [-0.05, 0) is 41.9 Å². The summed E-state index contributed by atoms with van der Waals surface area (Å²) >= 11 is 1.58. The Labute approximate surface area is 123 Å². The van der Waals surface area contributed by atoms with Crippen molar-refractivity contribution in [1.82, 2.24) is 14.6 Å². The van der Waals surface area contributed by atoms with Crippen molar-refractivity contribution >= 4 is 21.4 Å². The molecule has 2 rings (SSSR count). The Morgan fingerprint density at radius 1 is 1.30 bits per heavy atom. The predicted octanol–water partition coefficient (Wildman–Crippen LogP) is 1.59. The summed E-state index contributed by atoms with van der Waals surface area (Å²) in [6.45, 7) is 2.94. The van der Waals surface area contributed by atoms with E-state index in [1.54, 1.807) is 23.6 Å². The Kier molecular flexibility index (Phi) is 4.64. The maximum absolute atomic E-state index is 12.3. The topological polar surface area (TPSA) is 63.1 Å². The van der Waals surface area contributed by atoms with Crippen LogP contribution in [-0.2, 0) is 30.2 Å². The molecule has 0 unspecified atom stereocenters. The third kappa shape index (κ3) is 3.29. The quantitative estimate of drug-likeness (QED) is 0.851. The molecule has 0 radical (unpaired) electrons. The molecule has 5 nitrogen and oxygen atoms in total. The second-order valence-corrected chi connectivity index (χ2v) is 7.22. The van der Waals surface area contributed by atoms with Crippen molar-refractivity contribution in [2.24, 2.45) is 7.05 Å². The van der Waals surface area contributed by atoms with Gasteiger partial charge in [-0.1, -0.05) is 0 Å². The van der Waals surface area contributed by atoms with Gasteiger partial charge in [0.25, 0.3) is 0 Å². The highest BCUT2D eigenvalue weighted by Gasteiger charge is 2.17. The Bertz CT molecular complexity index is 686. The van der Waals surface area contributed by atoms with Gasteiger partial charge < -0.3 is 9.88 Å². The maximum atomic E-state index is 12.3. The summed E-state index contributed by atoms with van der Waals surface area (Å²) < 4.78 is 29.0. The van der Waals surface area contributed by atoms with Crippen molar-refractivity contribution in [3.05, 3.63) is 39.8 Å². The third-order valence-corrected chi connectivity index (χ3v) is 5.44. The highest BCUT2D eigenvalue weighted by Crippen LogP contribution is 2.16. The van der Waals surface area contributed by atoms with E-state index in [0.717, 1.165) is 16.8 Å². The van der Waals surface area contributed by atoms with Crippen molar-refractivity contribution in [2.75, 3.05) is 7.05 Å². The molecule has 0 spiro atoms. The van der Waals surface area contributed by atoms with E-state index in [9.17, 15) is 8.42 Å². The molecule has 0 aromatic carbocycles. The molecule has 2 heterocycles. The summed E-state index contributed by atoms with van der Waals surface area (Å²) in [6, 6.07) is 1.69. The second kappa shape index (κ2) is 6.09. The minimum atomic E-state index is -3.47. The summed E-state index contributed by atoms with van der Waals surface area (Å²) in [7, 11) is 0.207. The van der Waals surface area contributed by atoms with Gasteiger partial charge in [-0.2, -0.15) is 11.3 Å². The van der Waals surface area contributed by atoms with Gasteiger partial charge in [-0.3, -0.25) is 0 Å². The summed E-state index contributed by atoms with van der Waals surface area (Å²) in [5.41, 5.74) is 3.06. The lowest BCUT2D eigenvalue weighted by molar-refractivity contribution is 0.581. The highest BCUT2D eigenvalue weighted by molar-refractivity contribution is 7.89. The first kappa shape index (κ1) is 15.2. The lowest BCUT2D eigenvalue weighted by Crippen LogP contribution is -2.23. The molecule has 0 bridgehead atoms. The Morgan fingerprint density at radius 2 is 2.05 bits per heavy atom. The summed E-state index contributed by atoms with van der Waals surface area (Å²) in [6.07, 6.45) is 1.63. The molecule has 0 amide bonds. The molecule has 0 saturated carbocycles. The Hall–Kier alpha value is -1.15. The molecule has 0 fully saturated rings. The average molecular weight is 313 g/mol. The fraction of sp³-hybridized carbons (Fsp3) is 0.385. The van der Waals surface area contributed by atoms with Crippen molar-refractivity contribution in [3.63, 3.8) is 0 Å². The summed E-state index contributed by atoms with van der Waals surface area (Å²) in [5, 5.41) is 7.00. The highest BCUT2D eigenvalue weighted by atomic mass is 32.2. The van der Waals surface area contributed by atoms with Crippen molar-refractivity contribution < 1.29 is 8.42 Å². The van der Waals surface area contributed by atoms with Crippen LogP contribution in [0.15, 0.2) is 27.9 Å². The third-order valence-electron chi connectivity index (χ3n) is 3.17. The van der Waals surface area contributed by atoms with Crippen molar-refractivity contribution in [2.45, 2.75) is 24.9 Å². The van der Waals surface area contributed by atoms with E-state index >= 15 is 0 Å². The smallest absolute Gasteiger partial charge is 0.242 e. The molecular weight excluding hydrogens is 294 g/mol. The van der Waals surface area contributed by atoms with Gasteiger partial charge in [0.2, 0.25) is 10.0 Å². The molecule has 7 heteroatoms. The number of aromatic nitrogens is 1. The van der Waals surface area contributed by atoms with Crippen LogP contribution in [-0.4, -0.2) is 20.0 Å². The number of nitrogens with one attached hydrogen (secondary N) is 2. The standard InChI is InChI=1S/C13H19N3O2S2/c1-10-8-19-9-11(10)5-15-20(17,18)13-4-12(6-14-2)16(3)7-13/h4,7-9,14-15H,5-6H2,1-3H3. The molecule has 0 aliphatic heterocycles. The lowest BCUT2D eigenvalue weighted by Gasteiger charge is -2.04. The molecule has 0 aliphatic carbocycles. The zero-order valence-corrected chi connectivity index (χ0v) is 13.4. The first-order valence-corrected chi connectivity index (χ1v) is 8.68.